The molecular formula is C8H12N4O2. The van der Waals surface area contributed by atoms with Crippen molar-refractivity contribution in [2.75, 3.05) is 5.73 Å². The largest absolute Gasteiger partial charge is 0.379 e. The third kappa shape index (κ3) is 1.68. The van der Waals surface area contributed by atoms with Gasteiger partial charge in [0, 0.05) is 6.04 Å². The number of hydrogen-bond donors (Lipinski definition) is 2. The monoisotopic (exact) mass is 196 g/mol. The van der Waals surface area contributed by atoms with Gasteiger partial charge in [-0.1, -0.05) is 12.8 Å². The smallest absolute Gasteiger partial charge is 0.277 e. The Morgan fingerprint density at radius 2 is 2.14 bits per heavy atom. The number of carbonyl (C=O) groups excluding carboxylic acids is 1. The second kappa shape index (κ2) is 3.65. The van der Waals surface area contributed by atoms with Crippen LogP contribution in [0.3, 0.4) is 0 Å². The number of carbonyl (C=O) groups is 1. The third-order valence-electron chi connectivity index (χ3n) is 2.42. The van der Waals surface area contributed by atoms with E-state index in [0.717, 1.165) is 25.7 Å². The van der Waals surface area contributed by atoms with E-state index >= 15 is 0 Å². The Balaban J connectivity index is 1.98. The molecule has 1 aliphatic rings. The zero-order chi connectivity index (χ0) is 9.97. The number of amides is 1. The lowest BCUT2D eigenvalue weighted by molar-refractivity contribution is 0.0928. The second-order valence-electron chi connectivity index (χ2n) is 3.45. The fraction of sp³-hybridized carbons (Fsp3) is 0.625. The highest BCUT2D eigenvalue weighted by Crippen LogP contribution is 2.18. The molecule has 76 valence electrons. The van der Waals surface area contributed by atoms with Gasteiger partial charge in [0.05, 0.1) is 0 Å². The van der Waals surface area contributed by atoms with Crippen molar-refractivity contribution in [1.29, 1.82) is 0 Å². The number of hydrogen-bond acceptors (Lipinski definition) is 5. The summed E-state index contributed by atoms with van der Waals surface area (Å²) in [6, 6.07) is 0.249. The number of rotatable bonds is 2. The highest BCUT2D eigenvalue weighted by molar-refractivity contribution is 5.96. The molecule has 0 saturated heterocycles. The molecule has 6 heteroatoms. The predicted octanol–water partition coefficient (Wildman–Crippen LogP) is 0.324. The van der Waals surface area contributed by atoms with E-state index in [0.29, 0.717) is 0 Å². The lowest BCUT2D eigenvalue weighted by Crippen LogP contribution is -2.33. The van der Waals surface area contributed by atoms with Gasteiger partial charge >= 0.3 is 0 Å². The van der Waals surface area contributed by atoms with Gasteiger partial charge in [-0.15, -0.1) is 0 Å². The van der Waals surface area contributed by atoms with E-state index in [1.54, 1.807) is 0 Å². The van der Waals surface area contributed by atoms with E-state index in [4.69, 9.17) is 5.73 Å². The molecular weight excluding hydrogens is 184 g/mol. The average Bonchev–Trinajstić information content (AvgIpc) is 2.75. The van der Waals surface area contributed by atoms with Crippen LogP contribution >= 0.6 is 0 Å². The molecule has 1 aliphatic carbocycles. The lowest BCUT2D eigenvalue weighted by atomic mass is 10.2. The van der Waals surface area contributed by atoms with Crippen LogP contribution in [0.15, 0.2) is 4.63 Å². The van der Waals surface area contributed by atoms with Crippen molar-refractivity contribution < 1.29 is 9.42 Å². The molecule has 1 aromatic heterocycles. The van der Waals surface area contributed by atoms with Gasteiger partial charge < -0.3 is 11.1 Å². The van der Waals surface area contributed by atoms with Crippen molar-refractivity contribution in [2.45, 2.75) is 31.7 Å². The molecule has 1 amide bonds. The molecule has 1 heterocycles. The summed E-state index contributed by atoms with van der Waals surface area (Å²) >= 11 is 0. The third-order valence-corrected chi connectivity index (χ3v) is 2.42. The number of nitrogens with two attached hydrogens (primary N) is 1. The maximum atomic E-state index is 11.5. The molecule has 1 saturated carbocycles. The Labute approximate surface area is 80.8 Å². The van der Waals surface area contributed by atoms with Crippen LogP contribution in [0.1, 0.15) is 36.2 Å². The van der Waals surface area contributed by atoms with Gasteiger partial charge in [-0.2, -0.15) is 0 Å². The van der Waals surface area contributed by atoms with Crippen molar-refractivity contribution in [2.24, 2.45) is 0 Å². The van der Waals surface area contributed by atoms with Crippen molar-refractivity contribution in [1.82, 2.24) is 15.6 Å². The first-order valence-corrected chi connectivity index (χ1v) is 4.66. The van der Waals surface area contributed by atoms with Gasteiger partial charge in [-0.05, 0) is 23.2 Å². The highest BCUT2D eigenvalue weighted by atomic mass is 16.6. The van der Waals surface area contributed by atoms with E-state index in [2.05, 4.69) is 20.3 Å². The van der Waals surface area contributed by atoms with E-state index in [1.165, 1.54) is 0 Å². The van der Waals surface area contributed by atoms with Crippen LogP contribution in [-0.4, -0.2) is 22.3 Å². The Bertz CT molecular complexity index is 330. The Morgan fingerprint density at radius 1 is 1.43 bits per heavy atom. The fourth-order valence-electron chi connectivity index (χ4n) is 1.68. The Morgan fingerprint density at radius 3 is 2.71 bits per heavy atom. The van der Waals surface area contributed by atoms with E-state index in [9.17, 15) is 4.79 Å². The summed E-state index contributed by atoms with van der Waals surface area (Å²) in [6.45, 7) is 0. The second-order valence-corrected chi connectivity index (χ2v) is 3.45. The number of anilines is 1. The number of nitrogen functional groups attached to an aromatic ring is 1. The van der Waals surface area contributed by atoms with Gasteiger partial charge in [-0.3, -0.25) is 4.79 Å². The molecule has 0 atom stereocenters. The van der Waals surface area contributed by atoms with Gasteiger partial charge in [0.2, 0.25) is 11.5 Å². The maximum Gasteiger partial charge on any atom is 0.277 e. The molecule has 1 fully saturated rings. The minimum atomic E-state index is -0.296. The van der Waals surface area contributed by atoms with Gasteiger partial charge in [-0.25, -0.2) is 4.63 Å². The highest BCUT2D eigenvalue weighted by Gasteiger charge is 2.21. The minimum absolute atomic E-state index is 0.0421. The molecule has 0 aliphatic heterocycles. The standard InChI is InChI=1S/C8H12N4O2/c9-7-6(11-14-12-7)8(13)10-5-3-1-2-4-5/h5H,1-4H2,(H2,9,12)(H,10,13). The Hall–Kier alpha value is -1.59. The van der Waals surface area contributed by atoms with Crippen molar-refractivity contribution in [3.05, 3.63) is 5.69 Å². The molecule has 6 nitrogen and oxygen atoms in total. The Kier molecular flexibility index (Phi) is 2.34. The summed E-state index contributed by atoms with van der Waals surface area (Å²) in [5, 5.41) is 9.62. The zero-order valence-electron chi connectivity index (χ0n) is 7.69. The SMILES string of the molecule is Nc1nonc1C(=O)NC1CCCC1. The molecule has 0 radical (unpaired) electrons. The first-order valence-electron chi connectivity index (χ1n) is 4.66. The molecule has 2 rings (SSSR count). The number of nitrogens with zero attached hydrogens (tertiary/aromatic N) is 2. The fourth-order valence-corrected chi connectivity index (χ4v) is 1.68. The van der Waals surface area contributed by atoms with Gasteiger partial charge in [0.25, 0.3) is 5.91 Å². The molecule has 0 spiro atoms. The zero-order valence-corrected chi connectivity index (χ0v) is 7.69. The summed E-state index contributed by atoms with van der Waals surface area (Å²) < 4.78 is 4.35. The molecule has 0 unspecified atom stereocenters. The predicted molar refractivity (Wildman–Crippen MR) is 48.4 cm³/mol. The maximum absolute atomic E-state index is 11.5. The first kappa shape index (κ1) is 8.98. The van der Waals surface area contributed by atoms with Crippen molar-refractivity contribution >= 4 is 11.7 Å². The summed E-state index contributed by atoms with van der Waals surface area (Å²) in [4.78, 5) is 11.5. The van der Waals surface area contributed by atoms with Crippen molar-refractivity contribution in [3.8, 4) is 0 Å². The number of aromatic nitrogens is 2. The average molecular weight is 196 g/mol. The van der Waals surface area contributed by atoms with E-state index in [-0.39, 0.29) is 23.5 Å². The van der Waals surface area contributed by atoms with Crippen LogP contribution in [0.25, 0.3) is 0 Å². The van der Waals surface area contributed by atoms with Crippen LogP contribution in [0.4, 0.5) is 5.82 Å². The molecule has 0 aromatic carbocycles. The quantitative estimate of drug-likeness (QED) is 0.710. The summed E-state index contributed by atoms with van der Waals surface area (Å²) in [6.07, 6.45) is 4.38. The molecule has 3 N–H and O–H groups in total. The van der Waals surface area contributed by atoms with Crippen LogP contribution < -0.4 is 11.1 Å². The van der Waals surface area contributed by atoms with Gasteiger partial charge in [0.15, 0.2) is 0 Å². The minimum Gasteiger partial charge on any atom is -0.379 e. The van der Waals surface area contributed by atoms with Crippen LogP contribution in [0, 0.1) is 0 Å². The molecule has 0 bridgehead atoms. The number of nitrogens with one attached hydrogen (secondary N) is 1. The van der Waals surface area contributed by atoms with Crippen molar-refractivity contribution in [3.63, 3.8) is 0 Å². The lowest BCUT2D eigenvalue weighted by Gasteiger charge is -2.09. The summed E-state index contributed by atoms with van der Waals surface area (Å²) in [5.41, 5.74) is 5.47. The normalized spacial score (nSPS) is 17.1. The van der Waals surface area contributed by atoms with Crippen LogP contribution in [0.5, 0.6) is 0 Å². The topological polar surface area (TPSA) is 94.0 Å². The van der Waals surface area contributed by atoms with Crippen LogP contribution in [-0.2, 0) is 0 Å². The van der Waals surface area contributed by atoms with E-state index < -0.39 is 0 Å². The first-order chi connectivity index (χ1) is 6.77. The van der Waals surface area contributed by atoms with Gasteiger partial charge in [0.1, 0.15) is 0 Å². The van der Waals surface area contributed by atoms with Crippen LogP contribution in [0.2, 0.25) is 0 Å². The van der Waals surface area contributed by atoms with E-state index in [1.807, 2.05) is 0 Å². The summed E-state index contributed by atoms with van der Waals surface area (Å²) in [5.74, 6) is -0.254. The molecule has 1 aromatic rings. The summed E-state index contributed by atoms with van der Waals surface area (Å²) in [7, 11) is 0. The molecule has 14 heavy (non-hydrogen) atoms.